The quantitative estimate of drug-likeness (QED) is 0.484. The molecule has 2 N–H and O–H groups in total. The predicted molar refractivity (Wildman–Crippen MR) is 112 cm³/mol. The van der Waals surface area contributed by atoms with E-state index in [0.717, 1.165) is 13.1 Å². The Labute approximate surface area is 176 Å². The lowest BCUT2D eigenvalue weighted by Gasteiger charge is -2.25. The summed E-state index contributed by atoms with van der Waals surface area (Å²) in [6.45, 7) is 4.04. The molecule has 0 amide bonds. The molecule has 0 spiro atoms. The standard InChI is InChI=1S/C22H20F2N4O3/c23-13-1-3-17-15(11-13)19(22(29)26-17)21-20(16-12-14(24)2-4-18(16)25-21)27-31-10-7-28-5-8-30-9-6-28/h1-4,11-12,26,29H,5-10H2. The molecule has 0 saturated carbocycles. The van der Waals surface area contributed by atoms with Crippen molar-refractivity contribution in [2.45, 2.75) is 0 Å². The minimum Gasteiger partial charge on any atom is -0.494 e. The third-order valence-corrected chi connectivity index (χ3v) is 5.41. The van der Waals surface area contributed by atoms with Crippen LogP contribution in [0.25, 0.3) is 10.9 Å². The Hall–Kier alpha value is -3.30. The molecule has 2 aromatic carbocycles. The van der Waals surface area contributed by atoms with Crippen molar-refractivity contribution in [3.05, 3.63) is 59.2 Å². The maximum absolute atomic E-state index is 14.0. The van der Waals surface area contributed by atoms with Gasteiger partial charge in [0.1, 0.15) is 29.7 Å². The lowest BCUT2D eigenvalue weighted by Crippen LogP contribution is -2.38. The summed E-state index contributed by atoms with van der Waals surface area (Å²) in [7, 11) is 0. The van der Waals surface area contributed by atoms with E-state index in [9.17, 15) is 13.9 Å². The van der Waals surface area contributed by atoms with Crippen LogP contribution in [0.3, 0.4) is 0 Å². The number of hydrogen-bond donors (Lipinski definition) is 2. The summed E-state index contributed by atoms with van der Waals surface area (Å²) >= 11 is 0. The number of aromatic hydroxyl groups is 1. The Morgan fingerprint density at radius 3 is 2.74 bits per heavy atom. The SMILES string of the molecule is Oc1[nH]c2ccc(F)cc2c1C1=Nc2ccc(F)cc2C1=NOCCN1CCOCC1. The van der Waals surface area contributed by atoms with Crippen molar-refractivity contribution in [2.24, 2.45) is 10.1 Å². The van der Waals surface area contributed by atoms with Gasteiger partial charge in [-0.05, 0) is 36.4 Å². The van der Waals surface area contributed by atoms with Crippen LogP contribution in [0.5, 0.6) is 5.88 Å². The molecule has 1 fully saturated rings. The number of aromatic nitrogens is 1. The number of hydrogen-bond acceptors (Lipinski definition) is 6. The molecule has 1 saturated heterocycles. The van der Waals surface area contributed by atoms with E-state index in [1.165, 1.54) is 36.4 Å². The number of nitrogens with one attached hydrogen (secondary N) is 1. The first-order valence-electron chi connectivity index (χ1n) is 10.00. The Kier molecular flexibility index (Phi) is 5.13. The first-order valence-corrected chi connectivity index (χ1v) is 10.00. The summed E-state index contributed by atoms with van der Waals surface area (Å²) in [4.78, 5) is 15.1. The van der Waals surface area contributed by atoms with Crippen LogP contribution in [-0.4, -0.2) is 65.9 Å². The fraction of sp³-hybridized carbons (Fsp3) is 0.273. The molecular weight excluding hydrogens is 406 g/mol. The van der Waals surface area contributed by atoms with Gasteiger partial charge in [0, 0.05) is 36.1 Å². The van der Waals surface area contributed by atoms with Gasteiger partial charge in [0.15, 0.2) is 5.88 Å². The number of halogens is 2. The molecule has 3 aromatic rings. The molecule has 31 heavy (non-hydrogen) atoms. The average Bonchev–Trinajstić information content (AvgIpc) is 3.27. The van der Waals surface area contributed by atoms with E-state index in [4.69, 9.17) is 9.57 Å². The summed E-state index contributed by atoms with van der Waals surface area (Å²) < 4.78 is 33.2. The van der Waals surface area contributed by atoms with E-state index >= 15 is 0 Å². The van der Waals surface area contributed by atoms with Crippen LogP contribution in [0, 0.1) is 11.6 Å². The van der Waals surface area contributed by atoms with Crippen molar-refractivity contribution in [1.82, 2.24) is 9.88 Å². The molecule has 2 aliphatic rings. The van der Waals surface area contributed by atoms with Gasteiger partial charge in [0.05, 0.1) is 24.5 Å². The van der Waals surface area contributed by atoms with Gasteiger partial charge in [0.25, 0.3) is 0 Å². The first kappa shape index (κ1) is 19.7. The van der Waals surface area contributed by atoms with Gasteiger partial charge in [-0.1, -0.05) is 5.16 Å². The second-order valence-electron chi connectivity index (χ2n) is 7.39. The molecule has 0 radical (unpaired) electrons. The minimum atomic E-state index is -0.449. The number of fused-ring (bicyclic) bond motifs is 2. The van der Waals surface area contributed by atoms with E-state index in [-0.39, 0.29) is 11.6 Å². The van der Waals surface area contributed by atoms with Crippen LogP contribution >= 0.6 is 0 Å². The summed E-state index contributed by atoms with van der Waals surface area (Å²) in [5, 5.41) is 15.2. The highest BCUT2D eigenvalue weighted by molar-refractivity contribution is 6.58. The van der Waals surface area contributed by atoms with E-state index in [1.54, 1.807) is 0 Å². The number of morpholine rings is 1. The Morgan fingerprint density at radius 1 is 1.13 bits per heavy atom. The van der Waals surface area contributed by atoms with Gasteiger partial charge in [-0.3, -0.25) is 4.90 Å². The molecule has 9 heteroatoms. The van der Waals surface area contributed by atoms with Crippen LogP contribution in [0.4, 0.5) is 14.5 Å². The molecule has 0 unspecified atom stereocenters. The van der Waals surface area contributed by atoms with Gasteiger partial charge in [-0.2, -0.15) is 0 Å². The zero-order valence-electron chi connectivity index (χ0n) is 16.6. The van der Waals surface area contributed by atoms with Crippen molar-refractivity contribution >= 4 is 28.0 Å². The van der Waals surface area contributed by atoms with E-state index < -0.39 is 11.6 Å². The normalized spacial score (nSPS) is 17.9. The van der Waals surface area contributed by atoms with Gasteiger partial charge >= 0.3 is 0 Å². The molecule has 0 bridgehead atoms. The van der Waals surface area contributed by atoms with Crippen LogP contribution in [0.1, 0.15) is 11.1 Å². The number of ether oxygens (including phenoxy) is 1. The minimum absolute atomic E-state index is 0.173. The summed E-state index contributed by atoms with van der Waals surface area (Å²) in [5.41, 5.74) is 2.37. The second-order valence-corrected chi connectivity index (χ2v) is 7.39. The van der Waals surface area contributed by atoms with Crippen molar-refractivity contribution in [3.8, 4) is 5.88 Å². The summed E-state index contributed by atoms with van der Waals surface area (Å²) in [5.74, 6) is -1.06. The summed E-state index contributed by atoms with van der Waals surface area (Å²) in [6, 6.07) is 8.30. The predicted octanol–water partition coefficient (Wildman–Crippen LogP) is 3.34. The molecule has 1 aromatic heterocycles. The van der Waals surface area contributed by atoms with E-state index in [1.807, 2.05) is 0 Å². The number of H-pyrrole nitrogens is 1. The van der Waals surface area contributed by atoms with E-state index in [2.05, 4.69) is 20.0 Å². The molecule has 3 heterocycles. The second kappa shape index (κ2) is 8.09. The van der Waals surface area contributed by atoms with Crippen molar-refractivity contribution < 1.29 is 23.5 Å². The number of benzene rings is 2. The van der Waals surface area contributed by atoms with Crippen molar-refractivity contribution in [3.63, 3.8) is 0 Å². The molecule has 5 rings (SSSR count). The van der Waals surface area contributed by atoms with Gasteiger partial charge in [0.2, 0.25) is 0 Å². The van der Waals surface area contributed by atoms with Crippen LogP contribution in [0.15, 0.2) is 46.5 Å². The largest absolute Gasteiger partial charge is 0.494 e. The van der Waals surface area contributed by atoms with E-state index in [0.29, 0.717) is 59.8 Å². The van der Waals surface area contributed by atoms with Crippen LogP contribution in [0.2, 0.25) is 0 Å². The smallest absolute Gasteiger partial charge is 0.199 e. The fourth-order valence-corrected chi connectivity index (χ4v) is 3.86. The zero-order chi connectivity index (χ0) is 21.4. The molecule has 0 aliphatic carbocycles. The van der Waals surface area contributed by atoms with Gasteiger partial charge < -0.3 is 19.7 Å². The monoisotopic (exact) mass is 426 g/mol. The third kappa shape index (κ3) is 3.77. The van der Waals surface area contributed by atoms with Crippen LogP contribution < -0.4 is 0 Å². The zero-order valence-corrected chi connectivity index (χ0v) is 16.6. The Bertz CT molecular complexity index is 1200. The number of aliphatic imine (C=N–C) groups is 1. The summed E-state index contributed by atoms with van der Waals surface area (Å²) in [6.07, 6.45) is 0. The van der Waals surface area contributed by atoms with Gasteiger partial charge in [-0.15, -0.1) is 0 Å². The first-order chi connectivity index (χ1) is 15.1. The van der Waals surface area contributed by atoms with Crippen molar-refractivity contribution in [2.75, 3.05) is 39.5 Å². The molecule has 160 valence electrons. The molecule has 7 nitrogen and oxygen atoms in total. The molecular formula is C22H20F2N4O3. The van der Waals surface area contributed by atoms with Gasteiger partial charge in [-0.25, -0.2) is 13.8 Å². The average molecular weight is 426 g/mol. The lowest BCUT2D eigenvalue weighted by atomic mass is 10.0. The number of oxime groups is 1. The highest BCUT2D eigenvalue weighted by Crippen LogP contribution is 2.36. The molecule has 0 atom stereocenters. The fourth-order valence-electron chi connectivity index (χ4n) is 3.86. The maximum atomic E-state index is 14.0. The Balaban J connectivity index is 1.49. The topological polar surface area (TPSA) is 82.4 Å². The lowest BCUT2D eigenvalue weighted by molar-refractivity contribution is 0.0213. The maximum Gasteiger partial charge on any atom is 0.199 e. The number of rotatable bonds is 5. The number of nitrogens with zero attached hydrogens (tertiary/aromatic N) is 3. The van der Waals surface area contributed by atoms with Crippen LogP contribution in [-0.2, 0) is 9.57 Å². The highest BCUT2D eigenvalue weighted by Gasteiger charge is 2.30. The molecule has 2 aliphatic heterocycles. The Morgan fingerprint density at radius 2 is 1.90 bits per heavy atom. The van der Waals surface area contributed by atoms with Crippen molar-refractivity contribution in [1.29, 1.82) is 0 Å². The third-order valence-electron chi connectivity index (χ3n) is 5.41. The number of aromatic amines is 1. The highest BCUT2D eigenvalue weighted by atomic mass is 19.1.